The molecule has 0 spiro atoms. The van der Waals surface area contributed by atoms with Crippen LogP contribution in [0.15, 0.2) is 12.1 Å². The van der Waals surface area contributed by atoms with Crippen molar-refractivity contribution in [2.75, 3.05) is 44.5 Å². The summed E-state index contributed by atoms with van der Waals surface area (Å²) in [5.41, 5.74) is 6.41. The third-order valence-corrected chi connectivity index (χ3v) is 3.09. The molecule has 1 aromatic rings. The number of hydrogen-bond acceptors (Lipinski definition) is 5. The van der Waals surface area contributed by atoms with Gasteiger partial charge in [-0.2, -0.15) is 0 Å². The molecule has 0 atom stereocenters. The second-order valence-corrected chi connectivity index (χ2v) is 4.88. The number of unbranched alkanes of at least 4 members (excludes halogenated alkanes) is 1. The van der Waals surface area contributed by atoms with E-state index in [-0.39, 0.29) is 5.56 Å². The summed E-state index contributed by atoms with van der Waals surface area (Å²) in [6.07, 6.45) is 1.71. The number of nitrogens with one attached hydrogen (secondary N) is 1. The number of rotatable bonds is 10. The summed E-state index contributed by atoms with van der Waals surface area (Å²) >= 11 is 6.03. The quantitative estimate of drug-likeness (QED) is 0.453. The second-order valence-electron chi connectivity index (χ2n) is 4.47. The van der Waals surface area contributed by atoms with Crippen LogP contribution < -0.4 is 11.1 Å². The standard InChI is InChI=1S/C14H21ClN2O4/c1-20-6-7-21-5-3-2-4-17-13-11(14(18)19)8-10(16)9-12(13)15/h8-9,17H,2-7,16H2,1H3,(H,18,19). The molecule has 0 unspecified atom stereocenters. The average molecular weight is 317 g/mol. The van der Waals surface area contributed by atoms with Crippen LogP contribution in [0.2, 0.25) is 5.02 Å². The lowest BCUT2D eigenvalue weighted by Crippen LogP contribution is -2.10. The predicted molar refractivity (Wildman–Crippen MR) is 83.2 cm³/mol. The molecule has 6 nitrogen and oxygen atoms in total. The van der Waals surface area contributed by atoms with Gasteiger partial charge in [-0.1, -0.05) is 11.6 Å². The maximum absolute atomic E-state index is 11.2. The average Bonchev–Trinajstić information content (AvgIpc) is 2.43. The number of benzene rings is 1. The number of hydrogen-bond donors (Lipinski definition) is 3. The van der Waals surface area contributed by atoms with Crippen molar-refractivity contribution >= 4 is 28.9 Å². The van der Waals surface area contributed by atoms with Crippen molar-refractivity contribution < 1.29 is 19.4 Å². The molecule has 0 aliphatic rings. The molecule has 0 radical (unpaired) electrons. The van der Waals surface area contributed by atoms with Gasteiger partial charge in [0.25, 0.3) is 0 Å². The molecule has 0 amide bonds. The van der Waals surface area contributed by atoms with Crippen molar-refractivity contribution in [1.82, 2.24) is 0 Å². The lowest BCUT2D eigenvalue weighted by molar-refractivity contribution is 0.0690. The molecule has 21 heavy (non-hydrogen) atoms. The van der Waals surface area contributed by atoms with Crippen molar-refractivity contribution in [2.45, 2.75) is 12.8 Å². The molecule has 0 aliphatic heterocycles. The molecular formula is C14H21ClN2O4. The fourth-order valence-electron chi connectivity index (χ4n) is 1.76. The number of nitrogen functional groups attached to an aromatic ring is 1. The Morgan fingerprint density at radius 3 is 2.76 bits per heavy atom. The van der Waals surface area contributed by atoms with E-state index in [0.717, 1.165) is 12.8 Å². The Morgan fingerprint density at radius 1 is 1.33 bits per heavy atom. The highest BCUT2D eigenvalue weighted by atomic mass is 35.5. The predicted octanol–water partition coefficient (Wildman–Crippen LogP) is 2.48. The van der Waals surface area contributed by atoms with E-state index >= 15 is 0 Å². The largest absolute Gasteiger partial charge is 0.478 e. The van der Waals surface area contributed by atoms with Crippen LogP contribution in [-0.4, -0.2) is 44.6 Å². The van der Waals surface area contributed by atoms with Gasteiger partial charge in [0, 0.05) is 25.9 Å². The minimum atomic E-state index is -1.06. The number of aromatic carboxylic acids is 1. The summed E-state index contributed by atoms with van der Waals surface area (Å²) < 4.78 is 10.2. The number of ether oxygens (including phenoxy) is 2. The number of halogens is 1. The van der Waals surface area contributed by atoms with Crippen LogP contribution in [-0.2, 0) is 9.47 Å². The van der Waals surface area contributed by atoms with E-state index in [1.165, 1.54) is 12.1 Å². The van der Waals surface area contributed by atoms with Crippen molar-refractivity contribution in [3.05, 3.63) is 22.7 Å². The van der Waals surface area contributed by atoms with E-state index in [9.17, 15) is 4.79 Å². The lowest BCUT2D eigenvalue weighted by atomic mass is 10.1. The molecule has 0 saturated heterocycles. The zero-order valence-electron chi connectivity index (χ0n) is 12.0. The van der Waals surface area contributed by atoms with Gasteiger partial charge in [0.15, 0.2) is 0 Å². The van der Waals surface area contributed by atoms with Crippen LogP contribution in [0.3, 0.4) is 0 Å². The molecule has 0 aliphatic carbocycles. The molecule has 7 heteroatoms. The van der Waals surface area contributed by atoms with Crippen LogP contribution >= 0.6 is 11.6 Å². The highest BCUT2D eigenvalue weighted by Gasteiger charge is 2.14. The topological polar surface area (TPSA) is 93.8 Å². The fraction of sp³-hybridized carbons (Fsp3) is 0.500. The third kappa shape index (κ3) is 6.20. The van der Waals surface area contributed by atoms with Crippen molar-refractivity contribution in [2.24, 2.45) is 0 Å². The molecule has 4 N–H and O–H groups in total. The van der Waals surface area contributed by atoms with Crippen LogP contribution in [0.5, 0.6) is 0 Å². The number of carboxylic acids is 1. The van der Waals surface area contributed by atoms with Gasteiger partial charge in [-0.15, -0.1) is 0 Å². The van der Waals surface area contributed by atoms with Crippen molar-refractivity contribution in [3.63, 3.8) is 0 Å². The Kier molecular flexibility index (Phi) is 7.89. The minimum absolute atomic E-state index is 0.0799. The zero-order chi connectivity index (χ0) is 15.7. The van der Waals surface area contributed by atoms with Gasteiger partial charge < -0.3 is 25.6 Å². The molecular weight excluding hydrogens is 296 g/mol. The summed E-state index contributed by atoms with van der Waals surface area (Å²) in [7, 11) is 1.63. The normalized spacial score (nSPS) is 10.6. The van der Waals surface area contributed by atoms with Crippen LogP contribution in [0.1, 0.15) is 23.2 Å². The van der Waals surface area contributed by atoms with E-state index in [1.807, 2.05) is 0 Å². The zero-order valence-corrected chi connectivity index (χ0v) is 12.8. The van der Waals surface area contributed by atoms with Gasteiger partial charge in [-0.05, 0) is 25.0 Å². The van der Waals surface area contributed by atoms with Gasteiger partial charge in [0.1, 0.15) is 0 Å². The number of anilines is 2. The monoisotopic (exact) mass is 316 g/mol. The second kappa shape index (κ2) is 9.44. The van der Waals surface area contributed by atoms with E-state index in [1.54, 1.807) is 7.11 Å². The first-order valence-electron chi connectivity index (χ1n) is 6.69. The van der Waals surface area contributed by atoms with Gasteiger partial charge in [-0.25, -0.2) is 4.79 Å². The third-order valence-electron chi connectivity index (χ3n) is 2.79. The Morgan fingerprint density at radius 2 is 2.10 bits per heavy atom. The first-order chi connectivity index (χ1) is 10.1. The molecule has 1 rings (SSSR count). The molecule has 0 heterocycles. The Balaban J connectivity index is 2.40. The molecule has 0 saturated carbocycles. The maximum atomic E-state index is 11.2. The summed E-state index contributed by atoms with van der Waals surface area (Å²) in [4.78, 5) is 11.2. The number of carboxylic acid groups (broad SMARTS) is 1. The van der Waals surface area contributed by atoms with Gasteiger partial charge in [0.05, 0.1) is 29.5 Å². The molecule has 118 valence electrons. The SMILES string of the molecule is COCCOCCCCNc1c(Cl)cc(N)cc1C(=O)O. The Hall–Kier alpha value is -1.50. The summed E-state index contributed by atoms with van der Waals surface area (Å²) in [5.74, 6) is -1.06. The van der Waals surface area contributed by atoms with Crippen molar-refractivity contribution in [1.29, 1.82) is 0 Å². The first-order valence-corrected chi connectivity index (χ1v) is 7.07. The van der Waals surface area contributed by atoms with Gasteiger partial charge in [0.2, 0.25) is 0 Å². The molecule has 0 aromatic heterocycles. The van der Waals surface area contributed by atoms with E-state index < -0.39 is 5.97 Å². The van der Waals surface area contributed by atoms with Crippen LogP contribution in [0.4, 0.5) is 11.4 Å². The Bertz CT molecular complexity index is 469. The first kappa shape index (κ1) is 17.6. The smallest absolute Gasteiger partial charge is 0.337 e. The van der Waals surface area contributed by atoms with Gasteiger partial charge >= 0.3 is 5.97 Å². The number of methoxy groups -OCH3 is 1. The fourth-order valence-corrected chi connectivity index (χ4v) is 2.06. The highest BCUT2D eigenvalue weighted by molar-refractivity contribution is 6.34. The minimum Gasteiger partial charge on any atom is -0.478 e. The maximum Gasteiger partial charge on any atom is 0.337 e. The van der Waals surface area contributed by atoms with E-state index in [0.29, 0.717) is 42.8 Å². The van der Waals surface area contributed by atoms with Crippen LogP contribution in [0, 0.1) is 0 Å². The van der Waals surface area contributed by atoms with E-state index in [2.05, 4.69) is 5.32 Å². The number of carbonyl (C=O) groups is 1. The molecule has 0 bridgehead atoms. The van der Waals surface area contributed by atoms with Crippen LogP contribution in [0.25, 0.3) is 0 Å². The highest BCUT2D eigenvalue weighted by Crippen LogP contribution is 2.29. The van der Waals surface area contributed by atoms with Crippen molar-refractivity contribution in [3.8, 4) is 0 Å². The van der Waals surface area contributed by atoms with E-state index in [4.69, 9.17) is 31.9 Å². The Labute approximate surface area is 129 Å². The summed E-state index contributed by atoms with van der Waals surface area (Å²) in [6.45, 7) is 2.42. The van der Waals surface area contributed by atoms with Gasteiger partial charge in [-0.3, -0.25) is 0 Å². The molecule has 1 aromatic carbocycles. The number of nitrogens with two attached hydrogens (primary N) is 1. The summed E-state index contributed by atoms with van der Waals surface area (Å²) in [6, 6.07) is 2.93. The summed E-state index contributed by atoms with van der Waals surface area (Å²) in [5, 5.41) is 12.5. The lowest BCUT2D eigenvalue weighted by Gasteiger charge is -2.12. The molecule has 0 fully saturated rings.